The Labute approximate surface area is 120 Å². The average molecular weight is 305 g/mol. The normalized spacial score (nSPS) is 16.1. The lowest BCUT2D eigenvalue weighted by molar-refractivity contribution is -0.274. The van der Waals surface area contributed by atoms with Crippen molar-refractivity contribution >= 4 is 5.97 Å². The first-order chi connectivity index (χ1) is 9.60. The first-order valence-electron chi connectivity index (χ1n) is 6.44. The van der Waals surface area contributed by atoms with Crippen molar-refractivity contribution < 1.29 is 27.8 Å². The van der Waals surface area contributed by atoms with Gasteiger partial charge in [-0.1, -0.05) is 26.0 Å². The van der Waals surface area contributed by atoms with Crippen molar-refractivity contribution in [2.24, 2.45) is 11.7 Å². The molecule has 4 nitrogen and oxygen atoms in total. The van der Waals surface area contributed by atoms with E-state index in [1.54, 1.807) is 0 Å². The molecule has 0 heterocycles. The molecule has 1 aromatic rings. The number of alkyl halides is 3. The first-order valence-corrected chi connectivity index (χ1v) is 6.44. The summed E-state index contributed by atoms with van der Waals surface area (Å²) in [5.41, 5.74) is 6.28. The van der Waals surface area contributed by atoms with Crippen LogP contribution in [0.4, 0.5) is 13.2 Å². The number of aliphatic carboxylic acids is 1. The van der Waals surface area contributed by atoms with Crippen LogP contribution in [0.3, 0.4) is 0 Å². The molecule has 3 unspecified atom stereocenters. The van der Waals surface area contributed by atoms with E-state index in [9.17, 15) is 18.0 Å². The highest BCUT2D eigenvalue weighted by Crippen LogP contribution is 2.30. The molecule has 118 valence electrons. The topological polar surface area (TPSA) is 72.6 Å². The minimum absolute atomic E-state index is 0.0227. The maximum atomic E-state index is 12.1. The molecular weight excluding hydrogens is 287 g/mol. The van der Waals surface area contributed by atoms with Crippen molar-refractivity contribution in [1.82, 2.24) is 0 Å². The molecule has 0 amide bonds. The summed E-state index contributed by atoms with van der Waals surface area (Å²) in [5.74, 6) is -1.41. The minimum atomic E-state index is -4.71. The zero-order valence-corrected chi connectivity index (χ0v) is 11.7. The number of ether oxygens (including phenoxy) is 1. The van der Waals surface area contributed by atoms with E-state index < -0.39 is 18.4 Å². The summed E-state index contributed by atoms with van der Waals surface area (Å²) >= 11 is 0. The Morgan fingerprint density at radius 2 is 1.81 bits per heavy atom. The zero-order chi connectivity index (χ0) is 16.2. The van der Waals surface area contributed by atoms with E-state index in [1.165, 1.54) is 24.3 Å². The monoisotopic (exact) mass is 305 g/mol. The Balaban J connectivity index is 2.70. The van der Waals surface area contributed by atoms with Crippen molar-refractivity contribution in [3.63, 3.8) is 0 Å². The van der Waals surface area contributed by atoms with E-state index in [2.05, 4.69) is 4.74 Å². The predicted molar refractivity (Wildman–Crippen MR) is 70.9 cm³/mol. The fourth-order valence-electron chi connectivity index (χ4n) is 2.01. The highest BCUT2D eigenvalue weighted by Gasteiger charge is 2.31. The van der Waals surface area contributed by atoms with Crippen molar-refractivity contribution in [2.45, 2.75) is 38.6 Å². The maximum Gasteiger partial charge on any atom is 0.573 e. The van der Waals surface area contributed by atoms with Gasteiger partial charge in [0.1, 0.15) is 11.8 Å². The van der Waals surface area contributed by atoms with Gasteiger partial charge in [-0.15, -0.1) is 13.2 Å². The van der Waals surface area contributed by atoms with E-state index in [0.29, 0.717) is 0 Å². The van der Waals surface area contributed by atoms with Crippen LogP contribution in [0.5, 0.6) is 5.75 Å². The second-order valence-corrected chi connectivity index (χ2v) is 5.06. The van der Waals surface area contributed by atoms with Gasteiger partial charge in [0.05, 0.1) is 0 Å². The molecule has 0 fully saturated rings. The van der Waals surface area contributed by atoms with Gasteiger partial charge in [-0.2, -0.15) is 0 Å². The molecule has 0 radical (unpaired) electrons. The SMILES string of the molecule is CC(CC(N)C(=O)O)C(C)c1ccc(OC(F)(F)F)cc1. The van der Waals surface area contributed by atoms with Crippen LogP contribution in [0.2, 0.25) is 0 Å². The lowest BCUT2D eigenvalue weighted by Crippen LogP contribution is -2.32. The molecule has 0 aliphatic rings. The van der Waals surface area contributed by atoms with E-state index >= 15 is 0 Å². The number of carboxylic acids is 1. The van der Waals surface area contributed by atoms with E-state index in [0.717, 1.165) is 5.56 Å². The number of carbonyl (C=O) groups is 1. The smallest absolute Gasteiger partial charge is 0.480 e. The molecule has 0 saturated heterocycles. The molecule has 0 saturated carbocycles. The third-order valence-electron chi connectivity index (χ3n) is 3.44. The third kappa shape index (κ3) is 5.63. The molecule has 21 heavy (non-hydrogen) atoms. The molecule has 3 atom stereocenters. The summed E-state index contributed by atoms with van der Waals surface area (Å²) in [7, 11) is 0. The predicted octanol–water partition coefficient (Wildman–Crippen LogP) is 3.13. The van der Waals surface area contributed by atoms with Crippen LogP contribution >= 0.6 is 0 Å². The number of hydrogen-bond donors (Lipinski definition) is 2. The van der Waals surface area contributed by atoms with Crippen LogP contribution in [0.1, 0.15) is 31.7 Å². The number of halogens is 3. The van der Waals surface area contributed by atoms with Crippen LogP contribution in [0, 0.1) is 5.92 Å². The first kappa shape index (κ1) is 17.3. The lowest BCUT2D eigenvalue weighted by Gasteiger charge is -2.22. The van der Waals surface area contributed by atoms with Gasteiger partial charge in [-0.3, -0.25) is 4.79 Å². The molecule has 0 bridgehead atoms. The summed E-state index contributed by atoms with van der Waals surface area (Å²) in [6.07, 6.45) is -4.42. The number of benzene rings is 1. The van der Waals surface area contributed by atoms with Crippen LogP contribution in [-0.2, 0) is 4.79 Å². The molecule has 0 aliphatic heterocycles. The van der Waals surface area contributed by atoms with Crippen LogP contribution < -0.4 is 10.5 Å². The second kappa shape index (κ2) is 6.80. The van der Waals surface area contributed by atoms with Crippen LogP contribution in [0.15, 0.2) is 24.3 Å². The lowest BCUT2D eigenvalue weighted by atomic mass is 9.85. The molecule has 1 aromatic carbocycles. The molecule has 3 N–H and O–H groups in total. The van der Waals surface area contributed by atoms with Crippen molar-refractivity contribution in [3.8, 4) is 5.75 Å². The van der Waals surface area contributed by atoms with Crippen molar-refractivity contribution in [1.29, 1.82) is 0 Å². The summed E-state index contributed by atoms with van der Waals surface area (Å²) in [4.78, 5) is 10.7. The standard InChI is InChI=1S/C14H18F3NO3/c1-8(7-12(18)13(19)20)9(2)10-3-5-11(6-4-10)21-14(15,16)17/h3-6,8-9,12H,7,18H2,1-2H3,(H,19,20). The van der Waals surface area contributed by atoms with Crippen LogP contribution in [0.25, 0.3) is 0 Å². The summed E-state index contributed by atoms with van der Waals surface area (Å²) in [6.45, 7) is 3.73. The van der Waals surface area contributed by atoms with Gasteiger partial charge >= 0.3 is 12.3 Å². The second-order valence-electron chi connectivity index (χ2n) is 5.06. The molecule has 0 aromatic heterocycles. The summed E-state index contributed by atoms with van der Waals surface area (Å²) < 4.78 is 40.0. The Bertz CT molecular complexity index is 473. The molecule has 0 spiro atoms. The molecular formula is C14H18F3NO3. The number of rotatable bonds is 6. The summed E-state index contributed by atoms with van der Waals surface area (Å²) in [5, 5.41) is 8.78. The minimum Gasteiger partial charge on any atom is -0.480 e. The number of carboxylic acid groups (broad SMARTS) is 1. The van der Waals surface area contributed by atoms with Crippen molar-refractivity contribution in [2.75, 3.05) is 0 Å². The maximum absolute atomic E-state index is 12.1. The quantitative estimate of drug-likeness (QED) is 0.847. The Kier molecular flexibility index (Phi) is 5.60. The van der Waals surface area contributed by atoms with Gasteiger partial charge in [0.25, 0.3) is 0 Å². The molecule has 0 aliphatic carbocycles. The average Bonchev–Trinajstić information content (AvgIpc) is 2.36. The van der Waals surface area contributed by atoms with E-state index in [-0.39, 0.29) is 24.0 Å². The van der Waals surface area contributed by atoms with Gasteiger partial charge in [-0.25, -0.2) is 0 Å². The van der Waals surface area contributed by atoms with Gasteiger partial charge < -0.3 is 15.6 Å². The van der Waals surface area contributed by atoms with Gasteiger partial charge in [0, 0.05) is 0 Å². The number of nitrogens with two attached hydrogens (primary N) is 1. The van der Waals surface area contributed by atoms with Crippen molar-refractivity contribution in [3.05, 3.63) is 29.8 Å². The van der Waals surface area contributed by atoms with Gasteiger partial charge in [0.15, 0.2) is 0 Å². The third-order valence-corrected chi connectivity index (χ3v) is 3.44. The Morgan fingerprint density at radius 1 is 1.29 bits per heavy atom. The van der Waals surface area contributed by atoms with Crippen LogP contribution in [-0.4, -0.2) is 23.5 Å². The van der Waals surface area contributed by atoms with Gasteiger partial charge in [0.2, 0.25) is 0 Å². The largest absolute Gasteiger partial charge is 0.573 e. The fourth-order valence-corrected chi connectivity index (χ4v) is 2.01. The Hall–Kier alpha value is -1.76. The Morgan fingerprint density at radius 3 is 2.24 bits per heavy atom. The number of hydrogen-bond acceptors (Lipinski definition) is 3. The zero-order valence-electron chi connectivity index (χ0n) is 11.7. The van der Waals surface area contributed by atoms with E-state index in [4.69, 9.17) is 10.8 Å². The fraction of sp³-hybridized carbons (Fsp3) is 0.500. The molecule has 1 rings (SSSR count). The molecule has 7 heteroatoms. The highest BCUT2D eigenvalue weighted by atomic mass is 19.4. The van der Waals surface area contributed by atoms with E-state index in [1.807, 2.05) is 13.8 Å². The highest BCUT2D eigenvalue weighted by molar-refractivity contribution is 5.73. The van der Waals surface area contributed by atoms with Gasteiger partial charge in [-0.05, 0) is 36.0 Å². The summed E-state index contributed by atoms with van der Waals surface area (Å²) in [6, 6.07) is 4.60.